The van der Waals surface area contributed by atoms with Crippen molar-refractivity contribution >= 4 is 23.3 Å². The first-order valence-corrected chi connectivity index (χ1v) is 6.07. The van der Waals surface area contributed by atoms with Gasteiger partial charge in [-0.2, -0.15) is 0 Å². The molecule has 0 radical (unpaired) electrons. The summed E-state index contributed by atoms with van der Waals surface area (Å²) < 4.78 is 6.59. The van der Waals surface area contributed by atoms with Crippen molar-refractivity contribution in [1.29, 1.82) is 0 Å². The van der Waals surface area contributed by atoms with E-state index in [1.165, 1.54) is 7.11 Å². The van der Waals surface area contributed by atoms with Gasteiger partial charge in [-0.1, -0.05) is 11.6 Å². The fourth-order valence-electron chi connectivity index (χ4n) is 1.65. The minimum Gasteiger partial charge on any atom is -0.465 e. The number of ether oxygens (including phenoxy) is 1. The van der Waals surface area contributed by atoms with Gasteiger partial charge in [0, 0.05) is 25.1 Å². The van der Waals surface area contributed by atoms with Gasteiger partial charge >= 0.3 is 5.97 Å². The Kier molecular flexibility index (Phi) is 4.06. The lowest BCUT2D eigenvalue weighted by Crippen LogP contribution is -2.07. The van der Waals surface area contributed by atoms with Crippen LogP contribution in [0, 0.1) is 0 Å². The first-order valence-electron chi connectivity index (χ1n) is 5.69. The highest BCUT2D eigenvalue weighted by Crippen LogP contribution is 2.21. The number of rotatable bonds is 4. The van der Waals surface area contributed by atoms with Crippen LogP contribution in [0.4, 0.5) is 5.69 Å². The number of benzene rings is 1. The number of carbonyl (C=O) groups excluding carboxylic acids is 1. The molecule has 0 aliphatic rings. The van der Waals surface area contributed by atoms with E-state index in [1.54, 1.807) is 24.4 Å². The molecule has 19 heavy (non-hydrogen) atoms. The van der Waals surface area contributed by atoms with E-state index in [0.717, 1.165) is 11.5 Å². The molecule has 6 heteroatoms. The summed E-state index contributed by atoms with van der Waals surface area (Å²) in [6, 6.07) is 5.13. The van der Waals surface area contributed by atoms with Crippen LogP contribution in [0.5, 0.6) is 0 Å². The molecular weight excluding hydrogens is 266 g/mol. The maximum absolute atomic E-state index is 11.5. The van der Waals surface area contributed by atoms with E-state index in [9.17, 15) is 4.79 Å². The number of carbonyl (C=O) groups is 1. The molecule has 0 saturated carbocycles. The molecule has 0 amide bonds. The van der Waals surface area contributed by atoms with E-state index in [-0.39, 0.29) is 0 Å². The fourth-order valence-corrected chi connectivity index (χ4v) is 1.84. The SMILES string of the molecule is COC(=O)c1cc(NCc2nccn2C)ccc1Cl. The van der Waals surface area contributed by atoms with E-state index in [1.807, 2.05) is 17.8 Å². The molecule has 0 fully saturated rings. The summed E-state index contributed by atoms with van der Waals surface area (Å²) in [7, 11) is 3.25. The quantitative estimate of drug-likeness (QED) is 0.874. The molecule has 5 nitrogen and oxygen atoms in total. The highest BCUT2D eigenvalue weighted by molar-refractivity contribution is 6.33. The summed E-state index contributed by atoms with van der Waals surface area (Å²) in [5.41, 5.74) is 1.13. The fraction of sp³-hybridized carbons (Fsp3) is 0.231. The first-order chi connectivity index (χ1) is 9.11. The number of methoxy groups -OCH3 is 1. The number of aryl methyl sites for hydroxylation is 1. The number of nitrogens with one attached hydrogen (secondary N) is 1. The van der Waals surface area contributed by atoms with Crippen LogP contribution in [0.2, 0.25) is 5.02 Å². The van der Waals surface area contributed by atoms with Gasteiger partial charge < -0.3 is 14.6 Å². The van der Waals surface area contributed by atoms with Crippen LogP contribution >= 0.6 is 11.6 Å². The zero-order valence-corrected chi connectivity index (χ0v) is 11.4. The van der Waals surface area contributed by atoms with Crippen molar-refractivity contribution in [2.24, 2.45) is 7.05 Å². The van der Waals surface area contributed by atoms with Crippen molar-refractivity contribution in [3.8, 4) is 0 Å². The Morgan fingerprint density at radius 1 is 1.53 bits per heavy atom. The molecule has 1 aromatic heterocycles. The predicted octanol–water partition coefficient (Wildman–Crippen LogP) is 2.47. The average Bonchev–Trinajstić information content (AvgIpc) is 2.82. The van der Waals surface area contributed by atoms with E-state index < -0.39 is 5.97 Å². The lowest BCUT2D eigenvalue weighted by Gasteiger charge is -2.09. The van der Waals surface area contributed by atoms with Gasteiger partial charge in [-0.15, -0.1) is 0 Å². The number of esters is 1. The van der Waals surface area contributed by atoms with Crippen LogP contribution in [0.15, 0.2) is 30.6 Å². The van der Waals surface area contributed by atoms with Gasteiger partial charge in [0.15, 0.2) is 0 Å². The summed E-state index contributed by atoms with van der Waals surface area (Å²) in [5.74, 6) is 0.445. The number of hydrogen-bond donors (Lipinski definition) is 1. The predicted molar refractivity (Wildman–Crippen MR) is 73.3 cm³/mol. The second kappa shape index (κ2) is 5.75. The number of hydrogen-bond acceptors (Lipinski definition) is 4. The topological polar surface area (TPSA) is 56.1 Å². The zero-order valence-electron chi connectivity index (χ0n) is 10.7. The normalized spacial score (nSPS) is 10.3. The largest absolute Gasteiger partial charge is 0.465 e. The van der Waals surface area contributed by atoms with E-state index in [4.69, 9.17) is 11.6 Å². The third kappa shape index (κ3) is 3.06. The molecule has 0 aliphatic carbocycles. The van der Waals surface area contributed by atoms with Gasteiger partial charge in [-0.3, -0.25) is 0 Å². The standard InChI is InChI=1S/C13H14ClN3O2/c1-17-6-5-15-12(17)8-16-9-3-4-11(14)10(7-9)13(18)19-2/h3-7,16H,8H2,1-2H3. The highest BCUT2D eigenvalue weighted by atomic mass is 35.5. The molecule has 0 saturated heterocycles. The molecule has 2 rings (SSSR count). The molecule has 2 aromatic rings. The Hall–Kier alpha value is -2.01. The van der Waals surface area contributed by atoms with Crippen LogP contribution < -0.4 is 5.32 Å². The summed E-state index contributed by atoms with van der Waals surface area (Å²) in [6.45, 7) is 0.561. The van der Waals surface area contributed by atoms with Crippen LogP contribution in [-0.2, 0) is 18.3 Å². The number of halogens is 1. The Morgan fingerprint density at radius 2 is 2.32 bits per heavy atom. The van der Waals surface area contributed by atoms with Gasteiger partial charge in [-0.25, -0.2) is 9.78 Å². The second-order valence-electron chi connectivity index (χ2n) is 3.99. The second-order valence-corrected chi connectivity index (χ2v) is 4.40. The molecule has 1 heterocycles. The Morgan fingerprint density at radius 3 is 2.95 bits per heavy atom. The molecule has 0 atom stereocenters. The van der Waals surface area contributed by atoms with Crippen molar-refractivity contribution < 1.29 is 9.53 Å². The molecular formula is C13H14ClN3O2. The van der Waals surface area contributed by atoms with Crippen LogP contribution in [0.1, 0.15) is 16.2 Å². The van der Waals surface area contributed by atoms with Gasteiger partial charge in [-0.05, 0) is 18.2 Å². The van der Waals surface area contributed by atoms with Gasteiger partial charge in [0.1, 0.15) is 5.82 Å². The van der Waals surface area contributed by atoms with Crippen LogP contribution in [-0.4, -0.2) is 22.6 Å². The molecule has 1 aromatic carbocycles. The summed E-state index contributed by atoms with van der Waals surface area (Å²) in [4.78, 5) is 15.7. The minimum absolute atomic E-state index is 0.342. The number of anilines is 1. The van der Waals surface area contributed by atoms with Crippen molar-refractivity contribution in [3.05, 3.63) is 47.0 Å². The minimum atomic E-state index is -0.453. The number of aromatic nitrogens is 2. The van der Waals surface area contributed by atoms with E-state index in [0.29, 0.717) is 17.1 Å². The van der Waals surface area contributed by atoms with Crippen molar-refractivity contribution in [2.75, 3.05) is 12.4 Å². The molecule has 0 spiro atoms. The maximum Gasteiger partial charge on any atom is 0.339 e. The average molecular weight is 280 g/mol. The molecule has 100 valence electrons. The van der Waals surface area contributed by atoms with Gasteiger partial charge in [0.05, 0.1) is 24.2 Å². The zero-order chi connectivity index (χ0) is 13.8. The van der Waals surface area contributed by atoms with Crippen LogP contribution in [0.25, 0.3) is 0 Å². The third-order valence-corrected chi connectivity index (χ3v) is 3.07. The number of imidazole rings is 1. The van der Waals surface area contributed by atoms with Crippen molar-refractivity contribution in [1.82, 2.24) is 9.55 Å². The molecule has 0 aliphatic heterocycles. The lowest BCUT2D eigenvalue weighted by molar-refractivity contribution is 0.0601. The van der Waals surface area contributed by atoms with Crippen molar-refractivity contribution in [3.63, 3.8) is 0 Å². The summed E-state index contributed by atoms with van der Waals surface area (Å²) in [5, 5.41) is 3.55. The maximum atomic E-state index is 11.5. The molecule has 0 bridgehead atoms. The Balaban J connectivity index is 2.13. The summed E-state index contributed by atoms with van der Waals surface area (Å²) >= 11 is 5.95. The highest BCUT2D eigenvalue weighted by Gasteiger charge is 2.11. The van der Waals surface area contributed by atoms with E-state index in [2.05, 4.69) is 15.0 Å². The summed E-state index contributed by atoms with van der Waals surface area (Å²) in [6.07, 6.45) is 3.61. The third-order valence-electron chi connectivity index (χ3n) is 2.74. The first kappa shape index (κ1) is 13.4. The monoisotopic (exact) mass is 279 g/mol. The Labute approximate surface area is 116 Å². The lowest BCUT2D eigenvalue weighted by atomic mass is 10.2. The smallest absolute Gasteiger partial charge is 0.339 e. The Bertz CT molecular complexity index is 595. The van der Waals surface area contributed by atoms with Gasteiger partial charge in [0.2, 0.25) is 0 Å². The molecule has 1 N–H and O–H groups in total. The van der Waals surface area contributed by atoms with Crippen molar-refractivity contribution in [2.45, 2.75) is 6.54 Å². The molecule has 0 unspecified atom stereocenters. The number of nitrogens with zero attached hydrogens (tertiary/aromatic N) is 2. The van der Waals surface area contributed by atoms with E-state index >= 15 is 0 Å². The van der Waals surface area contributed by atoms with Crippen LogP contribution in [0.3, 0.4) is 0 Å². The van der Waals surface area contributed by atoms with Gasteiger partial charge in [0.25, 0.3) is 0 Å².